The summed E-state index contributed by atoms with van der Waals surface area (Å²) in [4.78, 5) is 25.4. The largest absolute Gasteiger partial charge is 0.382 e. The van der Waals surface area contributed by atoms with Gasteiger partial charge >= 0.3 is 0 Å². The molecule has 32 heavy (non-hydrogen) atoms. The van der Waals surface area contributed by atoms with Crippen LogP contribution in [0.3, 0.4) is 0 Å². The van der Waals surface area contributed by atoms with E-state index in [2.05, 4.69) is 16.0 Å². The van der Waals surface area contributed by atoms with Gasteiger partial charge in [-0.05, 0) is 29.8 Å². The molecule has 0 aliphatic rings. The van der Waals surface area contributed by atoms with E-state index in [4.69, 9.17) is 5.26 Å². The molecule has 1 unspecified atom stereocenters. The minimum atomic E-state index is -0.769. The fourth-order valence-electron chi connectivity index (χ4n) is 3.18. The van der Waals surface area contributed by atoms with Crippen molar-refractivity contribution < 1.29 is 14.0 Å². The second-order valence-electron chi connectivity index (χ2n) is 7.07. The summed E-state index contributed by atoms with van der Waals surface area (Å²) < 4.78 is 13.7. The molecule has 0 bridgehead atoms. The Bertz CT molecular complexity index is 1100. The standard InChI is InChI=1S/C25H23FN4O2/c26-21-12-7-13-22(20(21)17-27)28-14-15-29-25(32)23(16-18-8-3-1-4-9-18)30-24(31)19-10-5-2-6-11-19/h1-13,23,28H,14-16H2,(H,29,32)(H,30,31). The maximum absolute atomic E-state index is 13.7. The molecule has 3 rings (SSSR count). The molecule has 7 heteroatoms. The van der Waals surface area contributed by atoms with Gasteiger partial charge in [0.25, 0.3) is 5.91 Å². The van der Waals surface area contributed by atoms with Crippen molar-refractivity contribution >= 4 is 17.5 Å². The van der Waals surface area contributed by atoms with Crippen molar-refractivity contribution in [3.63, 3.8) is 0 Å². The monoisotopic (exact) mass is 430 g/mol. The highest BCUT2D eigenvalue weighted by molar-refractivity contribution is 5.97. The summed E-state index contributed by atoms with van der Waals surface area (Å²) in [6.45, 7) is 0.515. The number of nitriles is 1. The van der Waals surface area contributed by atoms with Gasteiger partial charge in [-0.3, -0.25) is 9.59 Å². The summed E-state index contributed by atoms with van der Waals surface area (Å²) >= 11 is 0. The Morgan fingerprint density at radius 1 is 0.906 bits per heavy atom. The first-order valence-electron chi connectivity index (χ1n) is 10.2. The number of anilines is 1. The zero-order chi connectivity index (χ0) is 22.8. The molecule has 162 valence electrons. The van der Waals surface area contributed by atoms with Crippen LogP contribution in [-0.4, -0.2) is 30.9 Å². The van der Waals surface area contributed by atoms with Crippen LogP contribution in [0.5, 0.6) is 0 Å². The van der Waals surface area contributed by atoms with Gasteiger partial charge in [0.1, 0.15) is 23.5 Å². The number of hydrogen-bond acceptors (Lipinski definition) is 4. The molecular weight excluding hydrogens is 407 g/mol. The van der Waals surface area contributed by atoms with Crippen LogP contribution in [0.2, 0.25) is 0 Å². The van der Waals surface area contributed by atoms with Crippen LogP contribution in [0, 0.1) is 17.1 Å². The number of carbonyl (C=O) groups excluding carboxylic acids is 2. The lowest BCUT2D eigenvalue weighted by atomic mass is 10.0. The highest BCUT2D eigenvalue weighted by Crippen LogP contribution is 2.17. The van der Waals surface area contributed by atoms with Crippen LogP contribution in [0.1, 0.15) is 21.5 Å². The van der Waals surface area contributed by atoms with Crippen molar-refractivity contribution in [2.75, 3.05) is 18.4 Å². The van der Waals surface area contributed by atoms with Crippen molar-refractivity contribution in [2.24, 2.45) is 0 Å². The smallest absolute Gasteiger partial charge is 0.251 e. The molecule has 0 saturated heterocycles. The zero-order valence-corrected chi connectivity index (χ0v) is 17.3. The second kappa shape index (κ2) is 11.3. The first kappa shape index (κ1) is 22.5. The summed E-state index contributed by atoms with van der Waals surface area (Å²) in [5.41, 5.74) is 1.67. The number of amides is 2. The number of carbonyl (C=O) groups is 2. The predicted octanol–water partition coefficient (Wildman–Crippen LogP) is 3.27. The molecule has 3 aromatic carbocycles. The van der Waals surface area contributed by atoms with Crippen LogP contribution in [0.15, 0.2) is 78.9 Å². The lowest BCUT2D eigenvalue weighted by Crippen LogP contribution is -2.48. The molecule has 0 aliphatic heterocycles. The van der Waals surface area contributed by atoms with Crippen LogP contribution in [-0.2, 0) is 11.2 Å². The van der Waals surface area contributed by atoms with Crippen LogP contribution < -0.4 is 16.0 Å². The zero-order valence-electron chi connectivity index (χ0n) is 17.3. The van der Waals surface area contributed by atoms with Crippen molar-refractivity contribution in [3.05, 3.63) is 101 Å². The van der Waals surface area contributed by atoms with E-state index >= 15 is 0 Å². The third-order valence-corrected chi connectivity index (χ3v) is 4.81. The van der Waals surface area contributed by atoms with Crippen LogP contribution in [0.25, 0.3) is 0 Å². The normalized spacial score (nSPS) is 11.1. The van der Waals surface area contributed by atoms with Crippen LogP contribution >= 0.6 is 0 Å². The van der Waals surface area contributed by atoms with E-state index in [9.17, 15) is 14.0 Å². The van der Waals surface area contributed by atoms with Gasteiger partial charge in [0.15, 0.2) is 0 Å². The van der Waals surface area contributed by atoms with E-state index < -0.39 is 11.9 Å². The molecule has 0 radical (unpaired) electrons. The minimum absolute atomic E-state index is 0.0732. The highest BCUT2D eigenvalue weighted by atomic mass is 19.1. The topological polar surface area (TPSA) is 94.0 Å². The number of rotatable bonds is 9. The summed E-state index contributed by atoms with van der Waals surface area (Å²) in [6.07, 6.45) is 0.334. The number of halogens is 1. The molecule has 6 nitrogen and oxygen atoms in total. The van der Waals surface area contributed by atoms with Crippen LogP contribution in [0.4, 0.5) is 10.1 Å². The summed E-state index contributed by atoms with van der Waals surface area (Å²) in [5, 5.41) is 17.6. The number of benzene rings is 3. The summed E-state index contributed by atoms with van der Waals surface area (Å²) in [5.74, 6) is -1.27. The predicted molar refractivity (Wildman–Crippen MR) is 120 cm³/mol. The molecule has 0 aromatic heterocycles. The molecule has 2 amide bonds. The Hall–Kier alpha value is -4.18. The van der Waals surface area contributed by atoms with Gasteiger partial charge in [0, 0.05) is 25.1 Å². The molecule has 0 aliphatic carbocycles. The average Bonchev–Trinajstić information content (AvgIpc) is 2.82. The van der Waals surface area contributed by atoms with E-state index in [-0.39, 0.29) is 30.5 Å². The maximum Gasteiger partial charge on any atom is 0.251 e. The molecule has 3 N–H and O–H groups in total. The van der Waals surface area contributed by atoms with Gasteiger partial charge in [-0.15, -0.1) is 0 Å². The van der Waals surface area contributed by atoms with E-state index in [0.29, 0.717) is 17.7 Å². The Morgan fingerprint density at radius 3 is 2.28 bits per heavy atom. The number of hydrogen-bond donors (Lipinski definition) is 3. The Kier molecular flexibility index (Phi) is 7.93. The third-order valence-electron chi connectivity index (χ3n) is 4.81. The van der Waals surface area contributed by atoms with E-state index in [1.165, 1.54) is 12.1 Å². The molecular formula is C25H23FN4O2. The first-order chi connectivity index (χ1) is 15.6. The fraction of sp³-hybridized carbons (Fsp3) is 0.160. The van der Waals surface area contributed by atoms with E-state index in [1.54, 1.807) is 30.3 Å². The van der Waals surface area contributed by atoms with Gasteiger partial charge in [-0.1, -0.05) is 54.6 Å². The number of nitrogens with zero attached hydrogens (tertiary/aromatic N) is 1. The first-order valence-corrected chi connectivity index (χ1v) is 10.2. The molecule has 0 heterocycles. The maximum atomic E-state index is 13.7. The Labute approximate surface area is 186 Å². The molecule has 0 fully saturated rings. The van der Waals surface area contributed by atoms with Gasteiger partial charge in [0.2, 0.25) is 5.91 Å². The minimum Gasteiger partial charge on any atom is -0.382 e. The molecule has 1 atom stereocenters. The second-order valence-corrected chi connectivity index (χ2v) is 7.07. The summed E-state index contributed by atoms with van der Waals surface area (Å²) in [6, 6.07) is 23.5. The molecule has 0 spiro atoms. The third kappa shape index (κ3) is 6.16. The quantitative estimate of drug-likeness (QED) is 0.454. The lowest BCUT2D eigenvalue weighted by Gasteiger charge is -2.19. The van der Waals surface area contributed by atoms with Gasteiger partial charge in [-0.25, -0.2) is 4.39 Å². The van der Waals surface area contributed by atoms with Gasteiger partial charge < -0.3 is 16.0 Å². The average molecular weight is 430 g/mol. The van der Waals surface area contributed by atoms with Crippen molar-refractivity contribution in [3.8, 4) is 6.07 Å². The Morgan fingerprint density at radius 2 is 1.59 bits per heavy atom. The van der Waals surface area contributed by atoms with Crippen molar-refractivity contribution in [2.45, 2.75) is 12.5 Å². The highest BCUT2D eigenvalue weighted by Gasteiger charge is 2.21. The molecule has 0 saturated carbocycles. The summed E-state index contributed by atoms with van der Waals surface area (Å²) in [7, 11) is 0. The lowest BCUT2D eigenvalue weighted by molar-refractivity contribution is -0.122. The molecule has 3 aromatic rings. The van der Waals surface area contributed by atoms with E-state index in [0.717, 1.165) is 5.56 Å². The number of nitrogens with one attached hydrogen (secondary N) is 3. The van der Waals surface area contributed by atoms with Crippen molar-refractivity contribution in [1.29, 1.82) is 5.26 Å². The van der Waals surface area contributed by atoms with Gasteiger partial charge in [-0.2, -0.15) is 5.26 Å². The van der Waals surface area contributed by atoms with E-state index in [1.807, 2.05) is 42.5 Å². The van der Waals surface area contributed by atoms with Gasteiger partial charge in [0.05, 0.1) is 5.69 Å². The SMILES string of the molecule is N#Cc1c(F)cccc1NCCNC(=O)C(Cc1ccccc1)NC(=O)c1ccccc1. The van der Waals surface area contributed by atoms with Crippen molar-refractivity contribution in [1.82, 2.24) is 10.6 Å². The Balaban J connectivity index is 1.61. The fourth-order valence-corrected chi connectivity index (χ4v) is 3.18.